The molecule has 96 valence electrons. The lowest BCUT2D eigenvalue weighted by Crippen LogP contribution is -2.50. The molecule has 0 N–H and O–H groups in total. The molecule has 0 spiro atoms. The van der Waals surface area contributed by atoms with Crippen molar-refractivity contribution in [2.24, 2.45) is 5.92 Å². The van der Waals surface area contributed by atoms with Gasteiger partial charge >= 0.3 is 0 Å². The molecule has 1 aliphatic heterocycles. The monoisotopic (exact) mass is 270 g/mol. The van der Waals surface area contributed by atoms with Gasteiger partial charge in [0.2, 0.25) is 10.0 Å². The molecule has 1 fully saturated rings. The molecular formula is C10H10N2O5S. The summed E-state index contributed by atoms with van der Waals surface area (Å²) < 4.78 is 25.2. The number of sulfonamides is 1. The molecule has 0 radical (unpaired) electrons. The van der Waals surface area contributed by atoms with Crippen LogP contribution in [0.2, 0.25) is 0 Å². The fourth-order valence-corrected chi connectivity index (χ4v) is 3.25. The highest BCUT2D eigenvalue weighted by atomic mass is 32.2. The summed E-state index contributed by atoms with van der Waals surface area (Å²) in [6, 6.07) is 4.87. The molecule has 1 heterocycles. The standard InChI is InChI=1S/C10H10N2O5S/c13-7-8-5-11(6-8)18(16,17)10-3-1-2-9(4-10)12(14)15/h1-4,7-8H,5-6H2. The van der Waals surface area contributed by atoms with E-state index < -0.39 is 14.9 Å². The SMILES string of the molecule is O=CC1CN(S(=O)(=O)c2cccc([N+](=O)[O-])c2)C1. The van der Waals surface area contributed by atoms with Gasteiger partial charge in [-0.05, 0) is 6.07 Å². The lowest BCUT2D eigenvalue weighted by molar-refractivity contribution is -0.385. The van der Waals surface area contributed by atoms with Crippen LogP contribution in [0.3, 0.4) is 0 Å². The Labute approximate surface area is 103 Å². The van der Waals surface area contributed by atoms with E-state index in [9.17, 15) is 23.3 Å². The molecule has 1 aromatic rings. The Morgan fingerprint density at radius 2 is 2.06 bits per heavy atom. The van der Waals surface area contributed by atoms with Crippen molar-refractivity contribution >= 4 is 22.0 Å². The average molecular weight is 270 g/mol. The maximum atomic E-state index is 12.0. The highest BCUT2D eigenvalue weighted by Gasteiger charge is 2.36. The molecule has 0 saturated carbocycles. The van der Waals surface area contributed by atoms with E-state index in [1.807, 2.05) is 0 Å². The molecule has 0 amide bonds. The number of nitro groups is 1. The van der Waals surface area contributed by atoms with Gasteiger partial charge in [0.25, 0.3) is 5.69 Å². The molecule has 0 bridgehead atoms. The van der Waals surface area contributed by atoms with E-state index >= 15 is 0 Å². The summed E-state index contributed by atoms with van der Waals surface area (Å²) in [7, 11) is -3.73. The Bertz CT molecular complexity index is 592. The minimum atomic E-state index is -3.73. The molecule has 18 heavy (non-hydrogen) atoms. The molecule has 0 aliphatic carbocycles. The number of hydrogen-bond acceptors (Lipinski definition) is 5. The topological polar surface area (TPSA) is 97.6 Å². The number of carbonyl (C=O) groups excluding carboxylic acids is 1. The van der Waals surface area contributed by atoms with Crippen molar-refractivity contribution in [1.82, 2.24) is 4.31 Å². The van der Waals surface area contributed by atoms with Gasteiger partial charge in [-0.3, -0.25) is 10.1 Å². The summed E-state index contributed by atoms with van der Waals surface area (Å²) in [6.45, 7) is 0.267. The third-order valence-electron chi connectivity index (χ3n) is 2.73. The summed E-state index contributed by atoms with van der Waals surface area (Å²) in [5.74, 6) is -0.279. The van der Waals surface area contributed by atoms with Gasteiger partial charge in [0.1, 0.15) is 6.29 Å². The molecule has 2 rings (SSSR count). The molecule has 0 aromatic heterocycles. The fraction of sp³-hybridized carbons (Fsp3) is 0.300. The van der Waals surface area contributed by atoms with Gasteiger partial charge in [0.05, 0.1) is 9.82 Å². The summed E-state index contributed by atoms with van der Waals surface area (Å²) in [5, 5.41) is 10.6. The van der Waals surface area contributed by atoms with Gasteiger partial charge in [-0.1, -0.05) is 6.07 Å². The van der Waals surface area contributed by atoms with Crippen LogP contribution in [0.15, 0.2) is 29.2 Å². The van der Waals surface area contributed by atoms with Crippen molar-refractivity contribution in [2.45, 2.75) is 4.90 Å². The number of rotatable bonds is 4. The lowest BCUT2D eigenvalue weighted by atomic mass is 10.1. The van der Waals surface area contributed by atoms with Crippen LogP contribution in [0.25, 0.3) is 0 Å². The second kappa shape index (κ2) is 4.46. The zero-order chi connectivity index (χ0) is 13.3. The summed E-state index contributed by atoms with van der Waals surface area (Å²) in [6.07, 6.45) is 0.708. The van der Waals surface area contributed by atoms with Gasteiger partial charge < -0.3 is 4.79 Å². The van der Waals surface area contributed by atoms with Crippen molar-refractivity contribution in [3.63, 3.8) is 0 Å². The lowest BCUT2D eigenvalue weighted by Gasteiger charge is -2.34. The van der Waals surface area contributed by atoms with Crippen molar-refractivity contribution in [2.75, 3.05) is 13.1 Å². The fourth-order valence-electron chi connectivity index (χ4n) is 1.66. The molecule has 1 aromatic carbocycles. The van der Waals surface area contributed by atoms with Crippen molar-refractivity contribution < 1.29 is 18.1 Å². The molecule has 1 saturated heterocycles. The van der Waals surface area contributed by atoms with Crippen molar-refractivity contribution in [1.29, 1.82) is 0 Å². The van der Waals surface area contributed by atoms with Crippen LogP contribution < -0.4 is 0 Å². The van der Waals surface area contributed by atoms with Crippen LogP contribution in [0.4, 0.5) is 5.69 Å². The number of carbonyl (C=O) groups is 1. The largest absolute Gasteiger partial charge is 0.303 e. The van der Waals surface area contributed by atoms with Gasteiger partial charge in [0, 0.05) is 31.1 Å². The minimum Gasteiger partial charge on any atom is -0.303 e. The minimum absolute atomic E-state index is 0.124. The van der Waals surface area contributed by atoms with Gasteiger partial charge in [-0.15, -0.1) is 0 Å². The number of nitro benzene ring substituents is 1. The van der Waals surface area contributed by atoms with E-state index in [2.05, 4.69) is 0 Å². The molecular weight excluding hydrogens is 260 g/mol. The van der Waals surface area contributed by atoms with E-state index in [0.29, 0.717) is 6.29 Å². The Hall–Kier alpha value is -1.80. The molecule has 1 aliphatic rings. The maximum Gasteiger partial charge on any atom is 0.270 e. The van der Waals surface area contributed by atoms with Crippen molar-refractivity contribution in [3.8, 4) is 0 Å². The van der Waals surface area contributed by atoms with E-state index in [1.165, 1.54) is 18.2 Å². The Morgan fingerprint density at radius 1 is 1.39 bits per heavy atom. The number of hydrogen-bond donors (Lipinski definition) is 0. The smallest absolute Gasteiger partial charge is 0.270 e. The molecule has 8 heteroatoms. The average Bonchev–Trinajstić information content (AvgIpc) is 2.27. The van der Waals surface area contributed by atoms with E-state index in [4.69, 9.17) is 0 Å². The second-order valence-electron chi connectivity index (χ2n) is 3.97. The Balaban J connectivity index is 2.28. The first-order valence-corrected chi connectivity index (χ1v) is 6.59. The highest BCUT2D eigenvalue weighted by molar-refractivity contribution is 7.89. The zero-order valence-corrected chi connectivity index (χ0v) is 10.0. The van der Waals surface area contributed by atoms with E-state index in [-0.39, 0.29) is 29.6 Å². The van der Waals surface area contributed by atoms with Crippen LogP contribution in [-0.2, 0) is 14.8 Å². The summed E-state index contributed by atoms with van der Waals surface area (Å²) in [4.78, 5) is 20.2. The first-order valence-electron chi connectivity index (χ1n) is 5.15. The Morgan fingerprint density at radius 3 is 2.61 bits per heavy atom. The van der Waals surface area contributed by atoms with Gasteiger partial charge in [-0.25, -0.2) is 8.42 Å². The molecule has 7 nitrogen and oxygen atoms in total. The Kier molecular flexibility index (Phi) is 3.14. The number of non-ortho nitro benzene ring substituents is 1. The van der Waals surface area contributed by atoms with Crippen LogP contribution >= 0.6 is 0 Å². The van der Waals surface area contributed by atoms with Gasteiger partial charge in [0.15, 0.2) is 0 Å². The van der Waals surface area contributed by atoms with Crippen molar-refractivity contribution in [3.05, 3.63) is 34.4 Å². The van der Waals surface area contributed by atoms with Gasteiger partial charge in [-0.2, -0.15) is 4.31 Å². The van der Waals surface area contributed by atoms with Crippen LogP contribution in [-0.4, -0.2) is 37.0 Å². The maximum absolute atomic E-state index is 12.0. The zero-order valence-electron chi connectivity index (χ0n) is 9.22. The van der Waals surface area contributed by atoms with Crippen LogP contribution in [0.1, 0.15) is 0 Å². The molecule has 0 unspecified atom stereocenters. The summed E-state index contributed by atoms with van der Waals surface area (Å²) in [5.41, 5.74) is -0.275. The second-order valence-corrected chi connectivity index (χ2v) is 5.91. The van der Waals surface area contributed by atoms with E-state index in [1.54, 1.807) is 0 Å². The highest BCUT2D eigenvalue weighted by Crippen LogP contribution is 2.26. The number of nitrogens with zero attached hydrogens (tertiary/aromatic N) is 2. The predicted octanol–water partition coefficient (Wildman–Crippen LogP) is 0.414. The first kappa shape index (κ1) is 12.7. The predicted molar refractivity (Wildman–Crippen MR) is 61.4 cm³/mol. The third kappa shape index (κ3) is 2.12. The third-order valence-corrected chi connectivity index (χ3v) is 4.56. The van der Waals surface area contributed by atoms with Crippen LogP contribution in [0.5, 0.6) is 0 Å². The van der Waals surface area contributed by atoms with Crippen LogP contribution in [0, 0.1) is 16.0 Å². The van der Waals surface area contributed by atoms with E-state index in [0.717, 1.165) is 10.4 Å². The first-order chi connectivity index (χ1) is 8.45. The number of benzene rings is 1. The normalized spacial score (nSPS) is 17.1. The molecule has 0 atom stereocenters. The quantitative estimate of drug-likeness (QED) is 0.448. The number of aldehydes is 1. The summed E-state index contributed by atoms with van der Waals surface area (Å²) >= 11 is 0.